The highest BCUT2D eigenvalue weighted by Crippen LogP contribution is 2.29. The highest BCUT2D eigenvalue weighted by atomic mass is 19.3. The van der Waals surface area contributed by atoms with Crippen molar-refractivity contribution in [1.82, 2.24) is 9.55 Å². The summed E-state index contributed by atoms with van der Waals surface area (Å²) in [5, 5.41) is 13.6. The number of non-ortho nitro benzene ring substituents is 1. The standard InChI is InChI=1S/C17H12F4N4O4/c18-16(19)17(20,21)29-11-4-1-3-10(7-11)23-14(26)8-24-9-22-12-5-2-6-13(15(12)24)25(27)28/h1-7,9,16H,8H2,(H,23,26). The fraction of sp³-hybridized carbons (Fsp3) is 0.176. The molecule has 0 saturated heterocycles. The largest absolute Gasteiger partial charge is 0.461 e. The lowest BCUT2D eigenvalue weighted by atomic mass is 10.2. The first kappa shape index (κ1) is 20.0. The van der Waals surface area contributed by atoms with Crippen LogP contribution in [0.15, 0.2) is 48.8 Å². The van der Waals surface area contributed by atoms with E-state index in [0.29, 0.717) is 5.52 Å². The van der Waals surface area contributed by atoms with Gasteiger partial charge in [0.25, 0.3) is 5.69 Å². The zero-order valence-corrected chi connectivity index (χ0v) is 14.4. The maximum absolute atomic E-state index is 13.0. The predicted molar refractivity (Wildman–Crippen MR) is 93.0 cm³/mol. The van der Waals surface area contributed by atoms with Gasteiger partial charge in [-0.3, -0.25) is 14.9 Å². The van der Waals surface area contributed by atoms with Gasteiger partial charge in [0.05, 0.1) is 16.8 Å². The lowest BCUT2D eigenvalue weighted by molar-refractivity contribution is -0.383. The fourth-order valence-corrected chi connectivity index (χ4v) is 2.57. The number of hydrogen-bond acceptors (Lipinski definition) is 5. The number of hydrogen-bond donors (Lipinski definition) is 1. The maximum Gasteiger partial charge on any atom is 0.461 e. The van der Waals surface area contributed by atoms with E-state index in [0.717, 1.165) is 12.1 Å². The van der Waals surface area contributed by atoms with E-state index in [1.54, 1.807) is 6.07 Å². The Bertz CT molecular complexity index is 1070. The first-order valence-electron chi connectivity index (χ1n) is 8.00. The fourth-order valence-electron chi connectivity index (χ4n) is 2.57. The van der Waals surface area contributed by atoms with Crippen LogP contribution in [0.3, 0.4) is 0 Å². The molecule has 1 heterocycles. The molecule has 0 aliphatic heterocycles. The molecule has 29 heavy (non-hydrogen) atoms. The number of rotatable bonds is 7. The molecular weight excluding hydrogens is 400 g/mol. The van der Waals surface area contributed by atoms with Crippen molar-refractivity contribution < 1.29 is 32.0 Å². The molecule has 0 unspecified atom stereocenters. The summed E-state index contributed by atoms with van der Waals surface area (Å²) in [6, 6.07) is 8.80. The lowest BCUT2D eigenvalue weighted by Gasteiger charge is -2.17. The quantitative estimate of drug-likeness (QED) is 0.361. The van der Waals surface area contributed by atoms with Crippen LogP contribution in [0.5, 0.6) is 5.75 Å². The molecule has 0 fully saturated rings. The van der Waals surface area contributed by atoms with Gasteiger partial charge >= 0.3 is 12.5 Å². The zero-order valence-electron chi connectivity index (χ0n) is 14.4. The Labute approximate surface area is 159 Å². The Morgan fingerprint density at radius 1 is 1.28 bits per heavy atom. The van der Waals surface area contributed by atoms with E-state index in [4.69, 9.17) is 0 Å². The van der Waals surface area contributed by atoms with Gasteiger partial charge in [-0.05, 0) is 18.2 Å². The highest BCUT2D eigenvalue weighted by molar-refractivity contribution is 5.93. The van der Waals surface area contributed by atoms with E-state index in [1.165, 1.54) is 35.2 Å². The number of ether oxygens (including phenoxy) is 1. The third kappa shape index (κ3) is 4.42. The summed E-state index contributed by atoms with van der Waals surface area (Å²) in [7, 11) is 0. The monoisotopic (exact) mass is 412 g/mol. The number of halogens is 4. The summed E-state index contributed by atoms with van der Waals surface area (Å²) in [5.41, 5.74) is 0.229. The van der Waals surface area contributed by atoms with Gasteiger partial charge in [0.15, 0.2) is 0 Å². The second kappa shape index (κ2) is 7.73. The molecular formula is C17H12F4N4O4. The van der Waals surface area contributed by atoms with Crippen molar-refractivity contribution in [3.05, 3.63) is 58.9 Å². The number of fused-ring (bicyclic) bond motifs is 1. The minimum Gasteiger partial charge on any atom is -0.428 e. The van der Waals surface area contributed by atoms with Crippen molar-refractivity contribution in [2.24, 2.45) is 0 Å². The number of benzene rings is 2. The lowest BCUT2D eigenvalue weighted by Crippen LogP contribution is -2.33. The number of nitrogens with one attached hydrogen (secondary N) is 1. The Morgan fingerprint density at radius 2 is 2.00 bits per heavy atom. The van der Waals surface area contributed by atoms with E-state index < -0.39 is 29.1 Å². The molecule has 8 nitrogen and oxygen atoms in total. The molecule has 3 rings (SSSR count). The van der Waals surface area contributed by atoms with Gasteiger partial charge in [0, 0.05) is 17.8 Å². The summed E-state index contributed by atoms with van der Waals surface area (Å²) in [6.07, 6.45) is -7.46. The van der Waals surface area contributed by atoms with Gasteiger partial charge < -0.3 is 14.6 Å². The van der Waals surface area contributed by atoms with Gasteiger partial charge in [-0.15, -0.1) is 0 Å². The molecule has 152 valence electrons. The van der Waals surface area contributed by atoms with E-state index in [9.17, 15) is 32.5 Å². The van der Waals surface area contributed by atoms with Gasteiger partial charge in [0.1, 0.15) is 17.8 Å². The molecule has 0 spiro atoms. The Hall–Kier alpha value is -3.70. The maximum atomic E-state index is 13.0. The number of para-hydroxylation sites is 1. The molecule has 0 radical (unpaired) electrons. The van der Waals surface area contributed by atoms with Crippen LogP contribution in [-0.4, -0.2) is 32.9 Å². The number of amides is 1. The van der Waals surface area contributed by atoms with Crippen molar-refractivity contribution in [2.75, 3.05) is 5.32 Å². The molecule has 0 aliphatic rings. The summed E-state index contributed by atoms with van der Waals surface area (Å²) < 4.78 is 55.7. The van der Waals surface area contributed by atoms with Gasteiger partial charge in [-0.25, -0.2) is 4.98 Å². The smallest absolute Gasteiger partial charge is 0.428 e. The number of anilines is 1. The van der Waals surface area contributed by atoms with Crippen LogP contribution in [0.2, 0.25) is 0 Å². The van der Waals surface area contributed by atoms with Crippen LogP contribution in [0.25, 0.3) is 11.0 Å². The molecule has 0 bridgehead atoms. The summed E-state index contributed by atoms with van der Waals surface area (Å²) in [4.78, 5) is 26.8. The van der Waals surface area contributed by atoms with Crippen molar-refractivity contribution in [3.63, 3.8) is 0 Å². The number of carbonyl (C=O) groups excluding carboxylic acids is 1. The van der Waals surface area contributed by atoms with Crippen molar-refractivity contribution in [1.29, 1.82) is 0 Å². The number of nitro benzene ring substituents is 1. The number of nitro groups is 1. The minimum absolute atomic E-state index is 0.0106. The average molecular weight is 412 g/mol. The SMILES string of the molecule is O=C(Cn1cnc2cccc([N+](=O)[O-])c21)Nc1cccc(OC(F)(F)C(F)F)c1. The number of imidazole rings is 1. The molecule has 1 N–H and O–H groups in total. The average Bonchev–Trinajstić information content (AvgIpc) is 3.04. The minimum atomic E-state index is -4.68. The topological polar surface area (TPSA) is 99.3 Å². The van der Waals surface area contributed by atoms with Crippen molar-refractivity contribution in [2.45, 2.75) is 19.1 Å². The van der Waals surface area contributed by atoms with Crippen LogP contribution < -0.4 is 10.1 Å². The number of nitrogens with zero attached hydrogens (tertiary/aromatic N) is 3. The Morgan fingerprint density at radius 3 is 2.69 bits per heavy atom. The molecule has 2 aromatic carbocycles. The van der Waals surface area contributed by atoms with Crippen LogP contribution in [0.1, 0.15) is 0 Å². The molecule has 0 aliphatic carbocycles. The highest BCUT2D eigenvalue weighted by Gasteiger charge is 2.44. The van der Waals surface area contributed by atoms with Gasteiger partial charge in [0.2, 0.25) is 5.91 Å². The van der Waals surface area contributed by atoms with Crippen LogP contribution in [0, 0.1) is 10.1 Å². The van der Waals surface area contributed by atoms with Crippen molar-refractivity contribution in [3.8, 4) is 5.75 Å². The molecule has 1 aromatic heterocycles. The number of aromatic nitrogens is 2. The predicted octanol–water partition coefficient (Wildman–Crippen LogP) is 3.82. The Kier molecular flexibility index (Phi) is 5.35. The van der Waals surface area contributed by atoms with Crippen molar-refractivity contribution >= 4 is 28.3 Å². The van der Waals surface area contributed by atoms with Crippen LogP contribution >= 0.6 is 0 Å². The molecule has 12 heteroatoms. The third-order valence-corrected chi connectivity index (χ3v) is 3.75. The van der Waals surface area contributed by atoms with E-state index >= 15 is 0 Å². The first-order chi connectivity index (χ1) is 13.7. The summed E-state index contributed by atoms with van der Waals surface area (Å²) >= 11 is 0. The molecule has 3 aromatic rings. The van der Waals surface area contributed by atoms with E-state index in [1.807, 2.05) is 0 Å². The second-order valence-corrected chi connectivity index (χ2v) is 5.82. The van der Waals surface area contributed by atoms with Crippen LogP contribution in [0.4, 0.5) is 28.9 Å². The van der Waals surface area contributed by atoms with E-state index in [2.05, 4.69) is 15.0 Å². The van der Waals surface area contributed by atoms with E-state index in [-0.39, 0.29) is 23.4 Å². The second-order valence-electron chi connectivity index (χ2n) is 5.82. The summed E-state index contributed by atoms with van der Waals surface area (Å²) in [6.45, 7) is -0.361. The zero-order chi connectivity index (χ0) is 21.2. The van der Waals surface area contributed by atoms with Gasteiger partial charge in [-0.2, -0.15) is 17.6 Å². The first-order valence-corrected chi connectivity index (χ1v) is 8.00. The molecule has 0 saturated carbocycles. The molecule has 1 amide bonds. The summed E-state index contributed by atoms with van der Waals surface area (Å²) in [5.74, 6) is -1.22. The Balaban J connectivity index is 1.76. The van der Waals surface area contributed by atoms with Crippen LogP contribution in [-0.2, 0) is 11.3 Å². The molecule has 0 atom stereocenters. The van der Waals surface area contributed by atoms with Gasteiger partial charge in [-0.1, -0.05) is 12.1 Å². The third-order valence-electron chi connectivity index (χ3n) is 3.75. The number of alkyl halides is 4. The number of carbonyl (C=O) groups is 1. The normalized spacial score (nSPS) is 11.6.